The molecule has 0 radical (unpaired) electrons. The van der Waals surface area contributed by atoms with E-state index < -0.39 is 17.3 Å². The second-order valence-electron chi connectivity index (χ2n) is 2.31. The van der Waals surface area contributed by atoms with Crippen LogP contribution >= 0.6 is 15.9 Å². The predicted octanol–water partition coefficient (Wildman–Crippen LogP) is 2.50. The first-order valence-electron chi connectivity index (χ1n) is 3.22. The van der Waals surface area contributed by atoms with Gasteiger partial charge in [-0.25, -0.2) is 4.39 Å². The Bertz CT molecular complexity index is 336. The summed E-state index contributed by atoms with van der Waals surface area (Å²) >= 11 is 2.93. The lowest BCUT2D eigenvalue weighted by atomic mass is 10.1. The minimum absolute atomic E-state index is 0.101. The highest BCUT2D eigenvalue weighted by Crippen LogP contribution is 2.28. The second-order valence-corrected chi connectivity index (χ2v) is 3.17. The summed E-state index contributed by atoms with van der Waals surface area (Å²) in [6.45, 7) is 1.24. The molecule has 4 heteroatoms. The molecular weight excluding hydrogens is 227 g/mol. The Kier molecular flexibility index (Phi) is 2.47. The van der Waals surface area contributed by atoms with Gasteiger partial charge >= 0.3 is 0 Å². The summed E-state index contributed by atoms with van der Waals surface area (Å²) in [5.74, 6) is -1.81. The van der Waals surface area contributed by atoms with E-state index in [1.807, 2.05) is 0 Å². The third-order valence-corrected chi connectivity index (χ3v) is 2.09. The molecule has 0 aliphatic rings. The van der Waals surface area contributed by atoms with Crippen LogP contribution in [0.15, 0.2) is 16.6 Å². The largest absolute Gasteiger partial charge is 0.504 e. The number of hydrogen-bond donors (Lipinski definition) is 1. The molecule has 0 aliphatic carbocycles. The van der Waals surface area contributed by atoms with Crippen molar-refractivity contribution in [1.29, 1.82) is 0 Å². The van der Waals surface area contributed by atoms with Crippen LogP contribution in [0.25, 0.3) is 0 Å². The van der Waals surface area contributed by atoms with Gasteiger partial charge in [0.1, 0.15) is 0 Å². The SMILES string of the molecule is CC(=O)c1ccc(Br)c(O)c1F. The van der Waals surface area contributed by atoms with E-state index in [2.05, 4.69) is 15.9 Å². The molecule has 0 saturated heterocycles. The van der Waals surface area contributed by atoms with Crippen molar-refractivity contribution in [2.75, 3.05) is 0 Å². The lowest BCUT2D eigenvalue weighted by molar-refractivity contribution is 0.101. The summed E-state index contributed by atoms with van der Waals surface area (Å²) < 4.78 is 13.3. The molecule has 0 heterocycles. The van der Waals surface area contributed by atoms with E-state index >= 15 is 0 Å². The van der Waals surface area contributed by atoms with Gasteiger partial charge in [-0.15, -0.1) is 0 Å². The van der Waals surface area contributed by atoms with Gasteiger partial charge in [0, 0.05) is 0 Å². The summed E-state index contributed by atoms with van der Waals surface area (Å²) in [6.07, 6.45) is 0. The number of rotatable bonds is 1. The molecule has 0 bridgehead atoms. The van der Waals surface area contributed by atoms with Gasteiger partial charge in [0.2, 0.25) is 0 Å². The molecule has 2 nitrogen and oxygen atoms in total. The number of aromatic hydroxyl groups is 1. The van der Waals surface area contributed by atoms with Crippen molar-refractivity contribution >= 4 is 21.7 Å². The molecule has 1 aromatic rings. The number of carbonyl (C=O) groups excluding carboxylic acids is 1. The molecule has 0 fully saturated rings. The molecule has 0 aromatic heterocycles. The molecule has 1 rings (SSSR count). The van der Waals surface area contributed by atoms with E-state index in [-0.39, 0.29) is 10.0 Å². The maximum atomic E-state index is 13.0. The van der Waals surface area contributed by atoms with Crippen LogP contribution < -0.4 is 0 Å². The number of ketones is 1. The Balaban J connectivity index is 3.36. The molecular formula is C8H6BrFO2. The highest BCUT2D eigenvalue weighted by molar-refractivity contribution is 9.10. The first-order valence-corrected chi connectivity index (χ1v) is 4.01. The van der Waals surface area contributed by atoms with Crippen molar-refractivity contribution in [3.63, 3.8) is 0 Å². The molecule has 0 spiro atoms. The number of phenols is 1. The summed E-state index contributed by atoms with van der Waals surface area (Å²) in [7, 11) is 0. The van der Waals surface area contributed by atoms with E-state index in [0.717, 1.165) is 0 Å². The summed E-state index contributed by atoms with van der Waals surface area (Å²) in [4.78, 5) is 10.8. The van der Waals surface area contributed by atoms with Gasteiger partial charge < -0.3 is 5.11 Å². The lowest BCUT2D eigenvalue weighted by Gasteiger charge is -2.01. The zero-order valence-corrected chi connectivity index (χ0v) is 7.85. The van der Waals surface area contributed by atoms with Crippen molar-refractivity contribution < 1.29 is 14.3 Å². The van der Waals surface area contributed by atoms with Gasteiger partial charge in [0.15, 0.2) is 17.3 Å². The van der Waals surface area contributed by atoms with Gasteiger partial charge in [-0.1, -0.05) is 0 Å². The van der Waals surface area contributed by atoms with Crippen molar-refractivity contribution in [3.05, 3.63) is 28.0 Å². The molecule has 0 amide bonds. The Morgan fingerprint density at radius 2 is 2.17 bits per heavy atom. The lowest BCUT2D eigenvalue weighted by Crippen LogP contribution is -1.96. The van der Waals surface area contributed by atoms with Crippen molar-refractivity contribution in [2.45, 2.75) is 6.92 Å². The van der Waals surface area contributed by atoms with Crippen LogP contribution in [-0.4, -0.2) is 10.9 Å². The molecule has 0 atom stereocenters. The van der Waals surface area contributed by atoms with E-state index in [9.17, 15) is 9.18 Å². The van der Waals surface area contributed by atoms with Crippen molar-refractivity contribution in [1.82, 2.24) is 0 Å². The fraction of sp³-hybridized carbons (Fsp3) is 0.125. The minimum atomic E-state index is -0.878. The predicted molar refractivity (Wildman–Crippen MR) is 45.8 cm³/mol. The number of hydrogen-bond acceptors (Lipinski definition) is 2. The zero-order chi connectivity index (χ0) is 9.30. The molecule has 0 unspecified atom stereocenters. The van der Waals surface area contributed by atoms with E-state index in [0.29, 0.717) is 0 Å². The maximum Gasteiger partial charge on any atom is 0.176 e. The first kappa shape index (κ1) is 9.19. The summed E-state index contributed by atoms with van der Waals surface area (Å²) in [5.41, 5.74) is -0.101. The van der Waals surface area contributed by atoms with Crippen LogP contribution in [0.1, 0.15) is 17.3 Å². The third kappa shape index (κ3) is 1.48. The van der Waals surface area contributed by atoms with E-state index in [4.69, 9.17) is 5.11 Å². The van der Waals surface area contributed by atoms with E-state index in [1.54, 1.807) is 0 Å². The molecule has 0 aliphatic heterocycles. The fourth-order valence-corrected chi connectivity index (χ4v) is 1.12. The van der Waals surface area contributed by atoms with E-state index in [1.165, 1.54) is 19.1 Å². The molecule has 64 valence electrons. The fourth-order valence-electron chi connectivity index (χ4n) is 0.813. The highest BCUT2D eigenvalue weighted by atomic mass is 79.9. The number of halogens is 2. The van der Waals surface area contributed by atoms with Gasteiger partial charge in [0.05, 0.1) is 10.0 Å². The monoisotopic (exact) mass is 232 g/mol. The van der Waals surface area contributed by atoms with Crippen molar-refractivity contribution in [2.24, 2.45) is 0 Å². The molecule has 1 aromatic carbocycles. The van der Waals surface area contributed by atoms with Crippen LogP contribution in [0.5, 0.6) is 5.75 Å². The van der Waals surface area contributed by atoms with Crippen LogP contribution in [0.2, 0.25) is 0 Å². The number of phenolic OH excluding ortho intramolecular Hbond substituents is 1. The van der Waals surface area contributed by atoms with Crippen molar-refractivity contribution in [3.8, 4) is 5.75 Å². The van der Waals surface area contributed by atoms with Gasteiger partial charge in [-0.2, -0.15) is 0 Å². The van der Waals surface area contributed by atoms with Gasteiger partial charge in [-0.05, 0) is 35.0 Å². The van der Waals surface area contributed by atoms with Crippen LogP contribution in [0.3, 0.4) is 0 Å². The Hall–Kier alpha value is -0.900. The average Bonchev–Trinajstić information content (AvgIpc) is 2.00. The first-order chi connectivity index (χ1) is 5.54. The van der Waals surface area contributed by atoms with Gasteiger partial charge in [0.25, 0.3) is 0 Å². The third-order valence-electron chi connectivity index (χ3n) is 1.45. The molecule has 1 N–H and O–H groups in total. The Morgan fingerprint density at radius 1 is 1.58 bits per heavy atom. The number of benzene rings is 1. The normalized spacial score (nSPS) is 9.92. The Morgan fingerprint density at radius 3 is 2.67 bits per heavy atom. The Labute approximate surface area is 77.2 Å². The second kappa shape index (κ2) is 3.23. The highest BCUT2D eigenvalue weighted by Gasteiger charge is 2.13. The zero-order valence-electron chi connectivity index (χ0n) is 6.27. The van der Waals surface area contributed by atoms with Crippen LogP contribution in [0.4, 0.5) is 4.39 Å². The van der Waals surface area contributed by atoms with Crippen LogP contribution in [0, 0.1) is 5.82 Å². The van der Waals surface area contributed by atoms with Gasteiger partial charge in [-0.3, -0.25) is 4.79 Å². The maximum absolute atomic E-state index is 13.0. The minimum Gasteiger partial charge on any atom is -0.504 e. The number of Topliss-reactive ketones (excluding diaryl/α,β-unsaturated/α-hetero) is 1. The number of carbonyl (C=O) groups is 1. The standard InChI is InChI=1S/C8H6BrFO2/c1-4(11)5-2-3-6(9)8(12)7(5)10/h2-3,12H,1H3. The summed E-state index contributed by atoms with van der Waals surface area (Å²) in [6, 6.07) is 2.75. The topological polar surface area (TPSA) is 37.3 Å². The quantitative estimate of drug-likeness (QED) is 0.756. The molecule has 12 heavy (non-hydrogen) atoms. The smallest absolute Gasteiger partial charge is 0.176 e. The summed E-state index contributed by atoms with van der Waals surface area (Å²) in [5, 5.41) is 9.06. The molecule has 0 saturated carbocycles. The average molecular weight is 233 g/mol. The van der Waals surface area contributed by atoms with Crippen LogP contribution in [-0.2, 0) is 0 Å².